The van der Waals surface area contributed by atoms with Crippen molar-refractivity contribution in [2.45, 2.75) is 26.3 Å². The Bertz CT molecular complexity index is 561. The molecule has 1 aromatic carbocycles. The molecule has 0 aliphatic heterocycles. The molecule has 5 heteroatoms. The zero-order valence-electron chi connectivity index (χ0n) is 11.7. The van der Waals surface area contributed by atoms with Crippen molar-refractivity contribution in [2.24, 2.45) is 11.8 Å². The molecule has 0 spiro atoms. The molecule has 0 saturated carbocycles. The number of carboxylic acids is 1. The van der Waals surface area contributed by atoms with Crippen LogP contribution < -0.4 is 5.84 Å². The Morgan fingerprint density at radius 1 is 1.40 bits per heavy atom. The molecule has 4 nitrogen and oxygen atoms in total. The molecule has 0 saturated heterocycles. The third-order valence-electron chi connectivity index (χ3n) is 3.24. The monoisotopic (exact) mass is 292 g/mol. The van der Waals surface area contributed by atoms with Crippen LogP contribution in [0.4, 0.5) is 0 Å². The van der Waals surface area contributed by atoms with Crippen LogP contribution >= 0.6 is 11.3 Å². The fourth-order valence-corrected chi connectivity index (χ4v) is 3.28. The van der Waals surface area contributed by atoms with E-state index in [4.69, 9.17) is 5.84 Å². The first-order valence-electron chi connectivity index (χ1n) is 6.71. The number of hydrazine groups is 1. The predicted molar refractivity (Wildman–Crippen MR) is 82.6 cm³/mol. The van der Waals surface area contributed by atoms with Crippen molar-refractivity contribution in [2.75, 3.05) is 6.54 Å². The molecule has 0 bridgehead atoms. The number of nitrogens with two attached hydrogens (primary N) is 1. The first-order valence-corrected chi connectivity index (χ1v) is 7.53. The quantitative estimate of drug-likeness (QED) is 0.633. The number of rotatable bonds is 6. The average molecular weight is 292 g/mol. The highest BCUT2D eigenvalue weighted by molar-refractivity contribution is 7.19. The summed E-state index contributed by atoms with van der Waals surface area (Å²) in [5.41, 5.74) is 0. The predicted octanol–water partition coefficient (Wildman–Crippen LogP) is 3.25. The molecule has 0 amide bonds. The fraction of sp³-hybridized carbons (Fsp3) is 0.400. The van der Waals surface area contributed by atoms with Gasteiger partial charge in [-0.1, -0.05) is 32.0 Å². The largest absolute Gasteiger partial charge is 0.480 e. The molecule has 2 rings (SSSR count). The van der Waals surface area contributed by atoms with Gasteiger partial charge in [0.15, 0.2) is 6.04 Å². The number of thiophene rings is 1. The number of fused-ring (bicyclic) bond motifs is 1. The summed E-state index contributed by atoms with van der Waals surface area (Å²) in [6.07, 6.45) is 0.880. The Hall–Kier alpha value is -1.43. The topological polar surface area (TPSA) is 66.6 Å². The number of benzene rings is 1. The van der Waals surface area contributed by atoms with Crippen LogP contribution in [0.5, 0.6) is 0 Å². The third kappa shape index (κ3) is 3.36. The van der Waals surface area contributed by atoms with Gasteiger partial charge in [-0.2, -0.15) is 0 Å². The highest BCUT2D eigenvalue weighted by atomic mass is 32.1. The van der Waals surface area contributed by atoms with Gasteiger partial charge in [0.1, 0.15) is 0 Å². The van der Waals surface area contributed by atoms with Crippen LogP contribution in [-0.4, -0.2) is 22.6 Å². The van der Waals surface area contributed by atoms with Crippen molar-refractivity contribution in [1.82, 2.24) is 5.01 Å². The van der Waals surface area contributed by atoms with E-state index in [1.165, 1.54) is 16.3 Å². The van der Waals surface area contributed by atoms with Gasteiger partial charge in [0.05, 0.1) is 0 Å². The number of carbonyl (C=O) groups is 1. The van der Waals surface area contributed by atoms with E-state index in [0.29, 0.717) is 12.5 Å². The maximum atomic E-state index is 11.5. The molecule has 108 valence electrons. The summed E-state index contributed by atoms with van der Waals surface area (Å²) in [5, 5.41) is 12.0. The molecular formula is C15H20N2O2S. The van der Waals surface area contributed by atoms with E-state index in [1.54, 1.807) is 0 Å². The standard InChI is InChI=1S/C15H20N2O2S/c1-10(2)7-8-17(16)14(15(18)19)13-9-11-5-3-4-6-12(11)20-13/h3-6,9-10,14H,7-8,16H2,1-2H3,(H,18,19). The fourth-order valence-electron chi connectivity index (χ4n) is 2.10. The molecule has 1 unspecified atom stereocenters. The average Bonchev–Trinajstić information content (AvgIpc) is 2.79. The van der Waals surface area contributed by atoms with E-state index in [-0.39, 0.29) is 0 Å². The Morgan fingerprint density at radius 2 is 2.10 bits per heavy atom. The van der Waals surface area contributed by atoms with Crippen molar-refractivity contribution >= 4 is 27.4 Å². The third-order valence-corrected chi connectivity index (χ3v) is 4.41. The van der Waals surface area contributed by atoms with Crippen molar-refractivity contribution in [1.29, 1.82) is 0 Å². The Balaban J connectivity index is 2.25. The van der Waals surface area contributed by atoms with Crippen molar-refractivity contribution in [3.05, 3.63) is 35.2 Å². The van der Waals surface area contributed by atoms with Gasteiger partial charge in [-0.05, 0) is 29.9 Å². The molecule has 3 N–H and O–H groups in total. The lowest BCUT2D eigenvalue weighted by molar-refractivity contribution is -0.143. The first kappa shape index (κ1) is 15.0. The number of hydrogen-bond acceptors (Lipinski definition) is 4. The van der Waals surface area contributed by atoms with Crippen molar-refractivity contribution < 1.29 is 9.90 Å². The number of aliphatic carboxylic acids is 1. The van der Waals surface area contributed by atoms with E-state index >= 15 is 0 Å². The van der Waals surface area contributed by atoms with E-state index in [1.807, 2.05) is 30.3 Å². The molecule has 20 heavy (non-hydrogen) atoms. The summed E-state index contributed by atoms with van der Waals surface area (Å²) in [6.45, 7) is 4.77. The van der Waals surface area contributed by atoms with Crippen LogP contribution in [0, 0.1) is 5.92 Å². The van der Waals surface area contributed by atoms with Crippen LogP contribution in [-0.2, 0) is 4.79 Å². The minimum atomic E-state index is -0.900. The van der Waals surface area contributed by atoms with Gasteiger partial charge in [0.25, 0.3) is 0 Å². The van der Waals surface area contributed by atoms with Crippen LogP contribution in [0.1, 0.15) is 31.2 Å². The summed E-state index contributed by atoms with van der Waals surface area (Å²) in [7, 11) is 0. The van der Waals surface area contributed by atoms with E-state index in [9.17, 15) is 9.90 Å². The van der Waals surface area contributed by atoms with Crippen molar-refractivity contribution in [3.63, 3.8) is 0 Å². The molecule has 0 aliphatic carbocycles. The molecule has 0 radical (unpaired) electrons. The maximum Gasteiger partial charge on any atom is 0.327 e. The van der Waals surface area contributed by atoms with Crippen LogP contribution in [0.25, 0.3) is 10.1 Å². The van der Waals surface area contributed by atoms with E-state index in [2.05, 4.69) is 13.8 Å². The Kier molecular flexibility index (Phi) is 4.75. The van der Waals surface area contributed by atoms with Crippen LogP contribution in [0.15, 0.2) is 30.3 Å². The Morgan fingerprint density at radius 3 is 2.70 bits per heavy atom. The van der Waals surface area contributed by atoms with Gasteiger partial charge < -0.3 is 5.11 Å². The lowest BCUT2D eigenvalue weighted by Crippen LogP contribution is -2.40. The lowest BCUT2D eigenvalue weighted by Gasteiger charge is -2.23. The lowest BCUT2D eigenvalue weighted by atomic mass is 10.1. The molecule has 1 heterocycles. The van der Waals surface area contributed by atoms with Gasteiger partial charge in [0.2, 0.25) is 0 Å². The van der Waals surface area contributed by atoms with Gasteiger partial charge in [0, 0.05) is 16.1 Å². The molecule has 1 atom stereocenters. The molecule has 0 fully saturated rings. The zero-order chi connectivity index (χ0) is 14.7. The normalized spacial score (nSPS) is 13.2. The highest BCUT2D eigenvalue weighted by Crippen LogP contribution is 2.32. The van der Waals surface area contributed by atoms with Crippen LogP contribution in [0.3, 0.4) is 0 Å². The van der Waals surface area contributed by atoms with Gasteiger partial charge in [-0.15, -0.1) is 11.3 Å². The first-order chi connectivity index (χ1) is 9.49. The highest BCUT2D eigenvalue weighted by Gasteiger charge is 2.27. The van der Waals surface area contributed by atoms with Crippen LogP contribution in [0.2, 0.25) is 0 Å². The summed E-state index contributed by atoms with van der Waals surface area (Å²) < 4.78 is 1.09. The molecular weight excluding hydrogens is 272 g/mol. The van der Waals surface area contributed by atoms with Gasteiger partial charge in [-0.25, -0.2) is 5.01 Å². The second-order valence-corrected chi connectivity index (χ2v) is 6.46. The second kappa shape index (κ2) is 6.35. The van der Waals surface area contributed by atoms with Gasteiger partial charge >= 0.3 is 5.97 Å². The zero-order valence-corrected chi connectivity index (χ0v) is 12.6. The maximum absolute atomic E-state index is 11.5. The molecule has 2 aromatic rings. The smallest absolute Gasteiger partial charge is 0.327 e. The number of hydrogen-bond donors (Lipinski definition) is 2. The minimum absolute atomic E-state index is 0.498. The summed E-state index contributed by atoms with van der Waals surface area (Å²) in [5.74, 6) is 5.58. The second-order valence-electron chi connectivity index (χ2n) is 5.35. The minimum Gasteiger partial charge on any atom is -0.480 e. The summed E-state index contributed by atoms with van der Waals surface area (Å²) >= 11 is 1.49. The molecule has 0 aliphatic rings. The Labute approximate surface area is 122 Å². The number of nitrogens with zero attached hydrogens (tertiary/aromatic N) is 1. The SMILES string of the molecule is CC(C)CCN(N)C(C(=O)O)c1cc2ccccc2s1. The van der Waals surface area contributed by atoms with E-state index in [0.717, 1.165) is 21.4 Å². The number of carboxylic acid groups (broad SMARTS) is 1. The van der Waals surface area contributed by atoms with Gasteiger partial charge in [-0.3, -0.25) is 10.6 Å². The summed E-state index contributed by atoms with van der Waals surface area (Å²) in [6, 6.07) is 9.05. The van der Waals surface area contributed by atoms with E-state index < -0.39 is 12.0 Å². The summed E-state index contributed by atoms with van der Waals surface area (Å²) in [4.78, 5) is 12.3. The van der Waals surface area contributed by atoms with Crippen molar-refractivity contribution in [3.8, 4) is 0 Å². The molecule has 1 aromatic heterocycles.